The molecule has 1 aromatic carbocycles. The molecule has 0 radical (unpaired) electrons. The fourth-order valence-corrected chi connectivity index (χ4v) is 2.60. The van der Waals surface area contributed by atoms with Crippen LogP contribution in [0.3, 0.4) is 0 Å². The van der Waals surface area contributed by atoms with Crippen molar-refractivity contribution in [3.8, 4) is 0 Å². The van der Waals surface area contributed by atoms with Gasteiger partial charge < -0.3 is 4.74 Å². The minimum atomic E-state index is -0.413. The molecule has 84 valence electrons. The van der Waals surface area contributed by atoms with Gasteiger partial charge >= 0.3 is 5.97 Å². The third-order valence-electron chi connectivity index (χ3n) is 3.53. The molecule has 0 saturated carbocycles. The van der Waals surface area contributed by atoms with E-state index in [9.17, 15) is 4.79 Å². The SMILES string of the molecule is NN1CCC2(CC1)OC(=O)c1ccccc12. The first kappa shape index (κ1) is 9.81. The Balaban J connectivity index is 2.02. The van der Waals surface area contributed by atoms with Gasteiger partial charge in [-0.25, -0.2) is 9.80 Å². The standard InChI is InChI=1S/C12H14N2O2/c13-14-7-5-12(6-8-14)10-4-2-1-3-9(10)11(15)16-12/h1-4H,5-8,13H2. The number of nitrogens with zero attached hydrogens (tertiary/aromatic N) is 1. The Bertz CT molecular complexity index is 436. The molecular weight excluding hydrogens is 204 g/mol. The zero-order valence-corrected chi connectivity index (χ0v) is 8.98. The lowest BCUT2D eigenvalue weighted by atomic mass is 9.84. The normalized spacial score (nSPS) is 23.2. The van der Waals surface area contributed by atoms with E-state index < -0.39 is 5.60 Å². The molecule has 0 amide bonds. The molecule has 1 aromatic rings. The predicted octanol–water partition coefficient (Wildman–Crippen LogP) is 1.02. The highest BCUT2D eigenvalue weighted by Crippen LogP contribution is 2.43. The second-order valence-corrected chi connectivity index (χ2v) is 4.47. The average molecular weight is 218 g/mol. The number of piperidine rings is 1. The van der Waals surface area contributed by atoms with E-state index >= 15 is 0 Å². The summed E-state index contributed by atoms with van der Waals surface area (Å²) in [6.45, 7) is 1.53. The van der Waals surface area contributed by atoms with Gasteiger partial charge in [-0.1, -0.05) is 18.2 Å². The van der Waals surface area contributed by atoms with Crippen LogP contribution in [0.1, 0.15) is 28.8 Å². The van der Waals surface area contributed by atoms with Gasteiger partial charge in [0.2, 0.25) is 0 Å². The van der Waals surface area contributed by atoms with Gasteiger partial charge in [0.15, 0.2) is 0 Å². The summed E-state index contributed by atoms with van der Waals surface area (Å²) in [6, 6.07) is 7.65. The van der Waals surface area contributed by atoms with E-state index in [0.717, 1.165) is 31.5 Å². The quantitative estimate of drug-likeness (QED) is 0.522. The molecule has 1 spiro atoms. The zero-order valence-electron chi connectivity index (χ0n) is 8.98. The van der Waals surface area contributed by atoms with Crippen molar-refractivity contribution in [3.63, 3.8) is 0 Å². The van der Waals surface area contributed by atoms with E-state index in [0.29, 0.717) is 5.56 Å². The number of rotatable bonds is 0. The van der Waals surface area contributed by atoms with Crippen molar-refractivity contribution < 1.29 is 9.53 Å². The lowest BCUT2D eigenvalue weighted by Gasteiger charge is -2.36. The fourth-order valence-electron chi connectivity index (χ4n) is 2.60. The molecular formula is C12H14N2O2. The third kappa shape index (κ3) is 1.27. The number of fused-ring (bicyclic) bond motifs is 2. The van der Waals surface area contributed by atoms with Gasteiger partial charge in [0.05, 0.1) is 5.56 Å². The molecule has 0 aliphatic carbocycles. The molecule has 2 aliphatic heterocycles. The summed E-state index contributed by atoms with van der Waals surface area (Å²) in [4.78, 5) is 11.8. The van der Waals surface area contributed by atoms with Crippen molar-refractivity contribution >= 4 is 5.97 Å². The van der Waals surface area contributed by atoms with Crippen LogP contribution in [0.15, 0.2) is 24.3 Å². The maximum absolute atomic E-state index is 11.8. The molecule has 2 N–H and O–H groups in total. The summed E-state index contributed by atoms with van der Waals surface area (Å²) in [7, 11) is 0. The van der Waals surface area contributed by atoms with E-state index in [-0.39, 0.29) is 5.97 Å². The number of carbonyl (C=O) groups excluding carboxylic acids is 1. The van der Waals surface area contributed by atoms with Crippen LogP contribution in [-0.4, -0.2) is 24.1 Å². The van der Waals surface area contributed by atoms with Crippen molar-refractivity contribution in [2.24, 2.45) is 5.84 Å². The van der Waals surface area contributed by atoms with Crippen LogP contribution in [-0.2, 0) is 10.3 Å². The van der Waals surface area contributed by atoms with Crippen molar-refractivity contribution in [3.05, 3.63) is 35.4 Å². The van der Waals surface area contributed by atoms with Gasteiger partial charge in [-0.2, -0.15) is 0 Å². The van der Waals surface area contributed by atoms with Crippen LogP contribution in [0.2, 0.25) is 0 Å². The summed E-state index contributed by atoms with van der Waals surface area (Å²) in [5.74, 6) is 5.54. The first-order chi connectivity index (χ1) is 7.71. The second kappa shape index (κ2) is 3.30. The lowest BCUT2D eigenvalue weighted by molar-refractivity contribution is -0.0431. The average Bonchev–Trinajstić information content (AvgIpc) is 2.58. The molecule has 3 rings (SSSR count). The van der Waals surface area contributed by atoms with Crippen molar-refractivity contribution in [1.82, 2.24) is 5.01 Å². The highest BCUT2D eigenvalue weighted by atomic mass is 16.6. The molecule has 2 heterocycles. The smallest absolute Gasteiger partial charge is 0.339 e. The van der Waals surface area contributed by atoms with Gasteiger partial charge in [0.1, 0.15) is 5.60 Å². The highest BCUT2D eigenvalue weighted by molar-refractivity contribution is 5.94. The summed E-state index contributed by atoms with van der Waals surface area (Å²) >= 11 is 0. The Morgan fingerprint density at radius 2 is 1.94 bits per heavy atom. The molecule has 0 aromatic heterocycles. The van der Waals surface area contributed by atoms with Crippen LogP contribution >= 0.6 is 0 Å². The van der Waals surface area contributed by atoms with E-state index in [4.69, 9.17) is 10.6 Å². The number of nitrogens with two attached hydrogens (primary N) is 1. The molecule has 1 saturated heterocycles. The number of hydrogen-bond donors (Lipinski definition) is 1. The first-order valence-corrected chi connectivity index (χ1v) is 5.54. The van der Waals surface area contributed by atoms with Gasteiger partial charge in [-0.15, -0.1) is 0 Å². The number of ether oxygens (including phenoxy) is 1. The molecule has 4 nitrogen and oxygen atoms in total. The predicted molar refractivity (Wildman–Crippen MR) is 58.5 cm³/mol. The Morgan fingerprint density at radius 3 is 2.69 bits per heavy atom. The Labute approximate surface area is 94.0 Å². The summed E-state index contributed by atoms with van der Waals surface area (Å²) in [5.41, 5.74) is 1.34. The molecule has 0 bridgehead atoms. The van der Waals surface area contributed by atoms with E-state index in [1.165, 1.54) is 0 Å². The van der Waals surface area contributed by atoms with Gasteiger partial charge in [0.25, 0.3) is 0 Å². The first-order valence-electron chi connectivity index (χ1n) is 5.54. The third-order valence-corrected chi connectivity index (χ3v) is 3.53. The minimum Gasteiger partial charge on any atom is -0.450 e. The van der Waals surface area contributed by atoms with Crippen LogP contribution in [0.4, 0.5) is 0 Å². The van der Waals surface area contributed by atoms with Crippen LogP contribution in [0.25, 0.3) is 0 Å². The van der Waals surface area contributed by atoms with E-state index in [1.54, 1.807) is 5.01 Å². The van der Waals surface area contributed by atoms with Gasteiger partial charge in [0, 0.05) is 31.5 Å². The maximum Gasteiger partial charge on any atom is 0.339 e. The summed E-state index contributed by atoms with van der Waals surface area (Å²) in [6.07, 6.45) is 1.57. The monoisotopic (exact) mass is 218 g/mol. The molecule has 16 heavy (non-hydrogen) atoms. The number of benzene rings is 1. The molecule has 0 atom stereocenters. The van der Waals surface area contributed by atoms with E-state index in [2.05, 4.69) is 0 Å². The Hall–Kier alpha value is -1.39. The molecule has 0 unspecified atom stereocenters. The molecule has 1 fully saturated rings. The summed E-state index contributed by atoms with van der Waals surface area (Å²) in [5, 5.41) is 1.78. The van der Waals surface area contributed by atoms with Crippen LogP contribution in [0.5, 0.6) is 0 Å². The lowest BCUT2D eigenvalue weighted by Crippen LogP contribution is -2.45. The number of esters is 1. The Kier molecular flexibility index (Phi) is 2.02. The minimum absolute atomic E-state index is 0.193. The molecule has 4 heteroatoms. The highest BCUT2D eigenvalue weighted by Gasteiger charge is 2.46. The topological polar surface area (TPSA) is 55.6 Å². The van der Waals surface area contributed by atoms with E-state index in [1.807, 2.05) is 24.3 Å². The maximum atomic E-state index is 11.8. The number of carbonyl (C=O) groups is 1. The van der Waals surface area contributed by atoms with Gasteiger partial charge in [-0.3, -0.25) is 5.84 Å². The number of hydrogen-bond acceptors (Lipinski definition) is 4. The largest absolute Gasteiger partial charge is 0.450 e. The van der Waals surface area contributed by atoms with Gasteiger partial charge in [-0.05, 0) is 6.07 Å². The van der Waals surface area contributed by atoms with Crippen molar-refractivity contribution in [1.29, 1.82) is 0 Å². The van der Waals surface area contributed by atoms with Crippen LogP contribution < -0.4 is 5.84 Å². The Morgan fingerprint density at radius 1 is 1.25 bits per heavy atom. The summed E-state index contributed by atoms with van der Waals surface area (Å²) < 4.78 is 5.59. The number of hydrazine groups is 1. The van der Waals surface area contributed by atoms with Crippen molar-refractivity contribution in [2.45, 2.75) is 18.4 Å². The van der Waals surface area contributed by atoms with Crippen molar-refractivity contribution in [2.75, 3.05) is 13.1 Å². The molecule has 2 aliphatic rings. The second-order valence-electron chi connectivity index (χ2n) is 4.47. The fraction of sp³-hybridized carbons (Fsp3) is 0.417. The van der Waals surface area contributed by atoms with Crippen LogP contribution in [0, 0.1) is 0 Å². The zero-order chi connectivity index (χ0) is 11.2.